The molecule has 2 saturated carbocycles. The Morgan fingerprint density at radius 3 is 2.33 bits per heavy atom. The second-order valence-corrected chi connectivity index (χ2v) is 6.26. The van der Waals surface area contributed by atoms with Crippen molar-refractivity contribution in [3.05, 3.63) is 0 Å². The number of Topliss-reactive ketones (excluding diaryl/α,β-unsaturated/α-hetero) is 1. The van der Waals surface area contributed by atoms with Crippen molar-refractivity contribution >= 4 is 19.3 Å². The fourth-order valence-corrected chi connectivity index (χ4v) is 3.95. The van der Waals surface area contributed by atoms with E-state index in [2.05, 4.69) is 27.7 Å². The van der Waals surface area contributed by atoms with Crippen molar-refractivity contribution in [1.29, 1.82) is 0 Å². The largest absolute Gasteiger partial charge is 0.299 e. The van der Waals surface area contributed by atoms with Crippen LogP contribution in [0, 0.1) is 22.7 Å². The molecule has 0 heterocycles. The number of fused-ring (bicyclic) bond motifs is 2. The van der Waals surface area contributed by atoms with Crippen LogP contribution >= 0.6 is 13.5 Å². The van der Waals surface area contributed by atoms with E-state index in [0.29, 0.717) is 17.6 Å². The van der Waals surface area contributed by atoms with Gasteiger partial charge in [0, 0.05) is 11.8 Å². The number of ketones is 1. The van der Waals surface area contributed by atoms with E-state index in [4.69, 9.17) is 0 Å². The SMILES string of the molecule is CC(C)CC12CCC(CC1=O)C2(C)C.S. The second-order valence-electron chi connectivity index (χ2n) is 6.26. The molecule has 2 aliphatic carbocycles. The van der Waals surface area contributed by atoms with E-state index < -0.39 is 0 Å². The molecule has 1 nitrogen and oxygen atoms in total. The molecule has 2 aliphatic rings. The molecule has 0 radical (unpaired) electrons. The normalized spacial score (nSPS) is 37.1. The molecule has 0 aromatic heterocycles. The van der Waals surface area contributed by atoms with Crippen LogP contribution in [-0.4, -0.2) is 5.78 Å². The summed E-state index contributed by atoms with van der Waals surface area (Å²) in [5.41, 5.74) is 0.320. The topological polar surface area (TPSA) is 17.1 Å². The third-order valence-electron chi connectivity index (χ3n) is 4.90. The third kappa shape index (κ3) is 1.56. The van der Waals surface area contributed by atoms with Gasteiger partial charge in [0.15, 0.2) is 0 Å². The van der Waals surface area contributed by atoms with E-state index in [-0.39, 0.29) is 24.3 Å². The molecule has 0 aromatic rings. The zero-order chi connectivity index (χ0) is 10.6. The van der Waals surface area contributed by atoms with Crippen LogP contribution in [0.2, 0.25) is 0 Å². The van der Waals surface area contributed by atoms with Gasteiger partial charge < -0.3 is 0 Å². The Morgan fingerprint density at radius 2 is 2.00 bits per heavy atom. The highest BCUT2D eigenvalue weighted by Crippen LogP contribution is 2.65. The number of hydrogen-bond acceptors (Lipinski definition) is 1. The molecule has 2 fully saturated rings. The van der Waals surface area contributed by atoms with Crippen molar-refractivity contribution in [2.45, 2.75) is 53.4 Å². The summed E-state index contributed by atoms with van der Waals surface area (Å²) in [6, 6.07) is 0. The summed E-state index contributed by atoms with van der Waals surface area (Å²) in [6.07, 6.45) is 4.40. The molecule has 88 valence electrons. The van der Waals surface area contributed by atoms with Gasteiger partial charge in [-0.15, -0.1) is 0 Å². The average molecular weight is 228 g/mol. The number of carbonyl (C=O) groups excluding carboxylic acids is 1. The molecule has 2 rings (SSSR count). The molecule has 15 heavy (non-hydrogen) atoms. The molecule has 0 aromatic carbocycles. The third-order valence-corrected chi connectivity index (χ3v) is 4.90. The molecule has 2 bridgehead atoms. The van der Waals surface area contributed by atoms with Crippen LogP contribution in [0.15, 0.2) is 0 Å². The van der Waals surface area contributed by atoms with Crippen molar-refractivity contribution in [1.82, 2.24) is 0 Å². The summed E-state index contributed by atoms with van der Waals surface area (Å²) in [5, 5.41) is 0. The van der Waals surface area contributed by atoms with Crippen molar-refractivity contribution in [2.75, 3.05) is 0 Å². The van der Waals surface area contributed by atoms with Crippen LogP contribution in [0.3, 0.4) is 0 Å². The van der Waals surface area contributed by atoms with Crippen LogP contribution < -0.4 is 0 Å². The highest BCUT2D eigenvalue weighted by atomic mass is 32.1. The maximum atomic E-state index is 12.1. The zero-order valence-electron chi connectivity index (χ0n) is 10.4. The van der Waals surface area contributed by atoms with Gasteiger partial charge in [0.25, 0.3) is 0 Å². The van der Waals surface area contributed by atoms with Gasteiger partial charge in [-0.25, -0.2) is 0 Å². The van der Waals surface area contributed by atoms with E-state index in [1.54, 1.807) is 0 Å². The molecule has 0 aliphatic heterocycles. The Balaban J connectivity index is 0.00000112. The molecular weight excluding hydrogens is 204 g/mol. The number of carbonyl (C=O) groups is 1. The lowest BCUT2D eigenvalue weighted by atomic mass is 9.65. The minimum atomic E-state index is 0. The minimum Gasteiger partial charge on any atom is -0.299 e. The van der Waals surface area contributed by atoms with Crippen molar-refractivity contribution in [2.24, 2.45) is 22.7 Å². The highest BCUT2D eigenvalue weighted by molar-refractivity contribution is 7.59. The van der Waals surface area contributed by atoms with Gasteiger partial charge in [0.2, 0.25) is 0 Å². The van der Waals surface area contributed by atoms with Gasteiger partial charge in [0.1, 0.15) is 5.78 Å². The minimum absolute atomic E-state index is 0. The van der Waals surface area contributed by atoms with Crippen LogP contribution in [0.4, 0.5) is 0 Å². The second kappa shape index (κ2) is 3.80. The average Bonchev–Trinajstić information content (AvgIpc) is 2.36. The summed E-state index contributed by atoms with van der Waals surface area (Å²) < 4.78 is 0. The summed E-state index contributed by atoms with van der Waals surface area (Å²) in [7, 11) is 0. The first kappa shape index (κ1) is 13.1. The Kier molecular flexibility index (Phi) is 3.31. The summed E-state index contributed by atoms with van der Waals surface area (Å²) in [5.74, 6) is 1.89. The van der Waals surface area contributed by atoms with Gasteiger partial charge in [-0.2, -0.15) is 13.5 Å². The maximum Gasteiger partial charge on any atom is 0.139 e. The Labute approximate surface area is 100 Å². The standard InChI is InChI=1S/C13H22O.H2S/c1-9(2)8-13-6-5-10(7-11(13)14)12(13,3)4;/h9-10H,5-8H2,1-4H3;1H2. The lowest BCUT2D eigenvalue weighted by Crippen LogP contribution is -2.37. The first-order chi connectivity index (χ1) is 6.40. The fraction of sp³-hybridized carbons (Fsp3) is 0.923. The maximum absolute atomic E-state index is 12.1. The molecule has 0 amide bonds. The van der Waals surface area contributed by atoms with Crippen LogP contribution in [-0.2, 0) is 4.79 Å². The highest BCUT2D eigenvalue weighted by Gasteiger charge is 2.63. The zero-order valence-corrected chi connectivity index (χ0v) is 11.4. The van der Waals surface area contributed by atoms with E-state index >= 15 is 0 Å². The van der Waals surface area contributed by atoms with Gasteiger partial charge in [-0.3, -0.25) is 4.79 Å². The van der Waals surface area contributed by atoms with Gasteiger partial charge in [-0.05, 0) is 36.5 Å². The predicted molar refractivity (Wildman–Crippen MR) is 68.4 cm³/mol. The molecule has 2 atom stereocenters. The Morgan fingerprint density at radius 1 is 1.40 bits per heavy atom. The smallest absolute Gasteiger partial charge is 0.139 e. The Bertz CT molecular complexity index is 270. The number of rotatable bonds is 2. The lowest BCUT2D eigenvalue weighted by Gasteiger charge is -2.37. The van der Waals surface area contributed by atoms with Crippen molar-refractivity contribution in [3.8, 4) is 0 Å². The molecule has 0 saturated heterocycles. The number of hydrogen-bond donors (Lipinski definition) is 0. The fourth-order valence-electron chi connectivity index (χ4n) is 3.95. The first-order valence-electron chi connectivity index (χ1n) is 5.93. The molecule has 2 unspecified atom stereocenters. The van der Waals surface area contributed by atoms with Gasteiger partial charge in [0.05, 0.1) is 0 Å². The van der Waals surface area contributed by atoms with Crippen LogP contribution in [0.25, 0.3) is 0 Å². The lowest BCUT2D eigenvalue weighted by molar-refractivity contribution is -0.130. The summed E-state index contributed by atoms with van der Waals surface area (Å²) >= 11 is 0. The van der Waals surface area contributed by atoms with Gasteiger partial charge >= 0.3 is 0 Å². The Hall–Kier alpha value is 0.0200. The monoisotopic (exact) mass is 228 g/mol. The van der Waals surface area contributed by atoms with Crippen molar-refractivity contribution < 1.29 is 4.79 Å². The molecule has 0 N–H and O–H groups in total. The van der Waals surface area contributed by atoms with E-state index in [9.17, 15) is 4.79 Å². The van der Waals surface area contributed by atoms with E-state index in [0.717, 1.165) is 19.3 Å². The molecule has 0 spiro atoms. The van der Waals surface area contributed by atoms with E-state index in [1.165, 1.54) is 6.42 Å². The van der Waals surface area contributed by atoms with Crippen LogP contribution in [0.1, 0.15) is 53.4 Å². The summed E-state index contributed by atoms with van der Waals surface area (Å²) in [4.78, 5) is 12.1. The van der Waals surface area contributed by atoms with Gasteiger partial charge in [-0.1, -0.05) is 27.7 Å². The van der Waals surface area contributed by atoms with E-state index in [1.807, 2.05) is 0 Å². The summed E-state index contributed by atoms with van der Waals surface area (Å²) in [6.45, 7) is 9.11. The predicted octanol–water partition coefficient (Wildman–Crippen LogP) is 3.54. The van der Waals surface area contributed by atoms with Crippen molar-refractivity contribution in [3.63, 3.8) is 0 Å². The molecular formula is C13H24OS. The first-order valence-corrected chi connectivity index (χ1v) is 5.93. The van der Waals surface area contributed by atoms with Crippen LogP contribution in [0.5, 0.6) is 0 Å². The molecule has 2 heteroatoms. The quantitative estimate of drug-likeness (QED) is 0.706.